The van der Waals surface area contributed by atoms with Gasteiger partial charge in [-0.1, -0.05) is 12.1 Å². The minimum absolute atomic E-state index is 0.0888. The van der Waals surface area contributed by atoms with E-state index in [4.69, 9.17) is 9.84 Å². The van der Waals surface area contributed by atoms with Gasteiger partial charge in [0, 0.05) is 6.42 Å². The normalized spacial score (nSPS) is 11.9. The summed E-state index contributed by atoms with van der Waals surface area (Å²) in [5.41, 5.74) is 0.977. The predicted octanol–water partition coefficient (Wildman–Crippen LogP) is 1.25. The van der Waals surface area contributed by atoms with Gasteiger partial charge in [-0.2, -0.15) is 0 Å². The molecule has 0 aromatic heterocycles. The van der Waals surface area contributed by atoms with Gasteiger partial charge in [0.05, 0.1) is 19.8 Å². The summed E-state index contributed by atoms with van der Waals surface area (Å²) < 4.78 is 5.10. The Morgan fingerprint density at radius 1 is 1.56 bits per heavy atom. The van der Waals surface area contributed by atoms with Gasteiger partial charge in [-0.25, -0.2) is 0 Å². The maximum absolute atomic E-state index is 11.3. The molecule has 1 aromatic carbocycles. The van der Waals surface area contributed by atoms with Crippen molar-refractivity contribution in [2.24, 2.45) is 0 Å². The van der Waals surface area contributed by atoms with E-state index in [2.05, 4.69) is 5.32 Å². The molecule has 4 nitrogen and oxygen atoms in total. The van der Waals surface area contributed by atoms with Crippen LogP contribution in [0.15, 0.2) is 24.3 Å². The Morgan fingerprint density at radius 2 is 2.31 bits per heavy atom. The smallest absolute Gasteiger partial charge is 0.222 e. The van der Waals surface area contributed by atoms with Gasteiger partial charge in [-0.15, -0.1) is 0 Å². The summed E-state index contributed by atoms with van der Waals surface area (Å²) in [5, 5.41) is 11.4. The van der Waals surface area contributed by atoms with Crippen molar-refractivity contribution < 1.29 is 14.6 Å². The molecule has 0 aliphatic heterocycles. The van der Waals surface area contributed by atoms with Gasteiger partial charge >= 0.3 is 0 Å². The van der Waals surface area contributed by atoms with Crippen LogP contribution in [0.1, 0.15) is 24.9 Å². The van der Waals surface area contributed by atoms with E-state index in [0.717, 1.165) is 11.3 Å². The minimum Gasteiger partial charge on any atom is -0.497 e. The Morgan fingerprint density at radius 3 is 2.94 bits per heavy atom. The maximum Gasteiger partial charge on any atom is 0.222 e. The standard InChI is InChI=1S/C12H17NO3/c1-9(13-12(15)6-7-14)10-4-3-5-11(8-10)16-2/h3-5,8-9,14H,6-7H2,1-2H3,(H,13,15). The van der Waals surface area contributed by atoms with E-state index in [1.165, 1.54) is 0 Å². The predicted molar refractivity (Wildman–Crippen MR) is 61.3 cm³/mol. The molecule has 1 atom stereocenters. The van der Waals surface area contributed by atoms with Gasteiger partial charge in [0.1, 0.15) is 5.75 Å². The number of amides is 1. The molecule has 88 valence electrons. The summed E-state index contributed by atoms with van der Waals surface area (Å²) >= 11 is 0. The fraction of sp³-hybridized carbons (Fsp3) is 0.417. The molecule has 0 saturated carbocycles. The van der Waals surface area contributed by atoms with Crippen molar-refractivity contribution in [1.82, 2.24) is 5.32 Å². The topological polar surface area (TPSA) is 58.6 Å². The van der Waals surface area contributed by atoms with Crippen molar-refractivity contribution in [2.75, 3.05) is 13.7 Å². The third kappa shape index (κ3) is 3.55. The Bertz CT molecular complexity index is 352. The third-order valence-corrected chi connectivity index (χ3v) is 2.31. The lowest BCUT2D eigenvalue weighted by Crippen LogP contribution is -2.27. The second kappa shape index (κ2) is 6.12. The molecule has 1 amide bonds. The number of hydrogen-bond donors (Lipinski definition) is 2. The van der Waals surface area contributed by atoms with Crippen LogP contribution in [0.2, 0.25) is 0 Å². The van der Waals surface area contributed by atoms with Crippen molar-refractivity contribution in [2.45, 2.75) is 19.4 Å². The molecule has 2 N–H and O–H groups in total. The van der Waals surface area contributed by atoms with Crippen LogP contribution in [0.4, 0.5) is 0 Å². The Balaban J connectivity index is 2.64. The van der Waals surface area contributed by atoms with Crippen molar-refractivity contribution in [1.29, 1.82) is 0 Å². The molecule has 0 spiro atoms. The van der Waals surface area contributed by atoms with E-state index in [-0.39, 0.29) is 25.0 Å². The first-order valence-corrected chi connectivity index (χ1v) is 5.21. The lowest BCUT2D eigenvalue weighted by molar-refractivity contribution is -0.122. The monoisotopic (exact) mass is 223 g/mol. The number of aliphatic hydroxyl groups excluding tert-OH is 1. The van der Waals surface area contributed by atoms with Crippen molar-refractivity contribution in [3.63, 3.8) is 0 Å². The van der Waals surface area contributed by atoms with Crippen LogP contribution in [-0.4, -0.2) is 24.7 Å². The maximum atomic E-state index is 11.3. The first kappa shape index (κ1) is 12.5. The number of benzene rings is 1. The zero-order valence-electron chi connectivity index (χ0n) is 9.56. The average Bonchev–Trinajstić information content (AvgIpc) is 2.29. The summed E-state index contributed by atoms with van der Waals surface area (Å²) in [6.45, 7) is 1.76. The number of rotatable bonds is 5. The number of aliphatic hydroxyl groups is 1. The van der Waals surface area contributed by atoms with Crippen LogP contribution < -0.4 is 10.1 Å². The second-order valence-corrected chi connectivity index (χ2v) is 3.54. The lowest BCUT2D eigenvalue weighted by atomic mass is 10.1. The summed E-state index contributed by atoms with van der Waals surface area (Å²) in [6.07, 6.45) is 0.133. The van der Waals surface area contributed by atoms with Crippen LogP contribution in [0.3, 0.4) is 0 Å². The van der Waals surface area contributed by atoms with Crippen molar-refractivity contribution in [3.8, 4) is 5.75 Å². The Labute approximate surface area is 95.2 Å². The molecule has 4 heteroatoms. The largest absolute Gasteiger partial charge is 0.497 e. The highest BCUT2D eigenvalue weighted by Gasteiger charge is 2.09. The molecule has 0 fully saturated rings. The van der Waals surface area contributed by atoms with E-state index in [9.17, 15) is 4.79 Å². The minimum atomic E-state index is -0.155. The van der Waals surface area contributed by atoms with Gasteiger partial charge in [0.25, 0.3) is 0 Å². The number of carbonyl (C=O) groups is 1. The molecular weight excluding hydrogens is 206 g/mol. The van der Waals surface area contributed by atoms with E-state index in [1.807, 2.05) is 31.2 Å². The third-order valence-electron chi connectivity index (χ3n) is 2.31. The van der Waals surface area contributed by atoms with E-state index >= 15 is 0 Å². The summed E-state index contributed by atoms with van der Waals surface area (Å²) in [7, 11) is 1.61. The molecule has 0 bridgehead atoms. The van der Waals surface area contributed by atoms with Crippen LogP contribution in [0.25, 0.3) is 0 Å². The number of methoxy groups -OCH3 is 1. The zero-order valence-corrected chi connectivity index (χ0v) is 9.56. The second-order valence-electron chi connectivity index (χ2n) is 3.54. The molecule has 0 heterocycles. The Hall–Kier alpha value is -1.55. The van der Waals surface area contributed by atoms with Crippen LogP contribution in [0, 0.1) is 0 Å². The molecule has 1 rings (SSSR count). The molecule has 16 heavy (non-hydrogen) atoms. The van der Waals surface area contributed by atoms with E-state index in [0.29, 0.717) is 0 Å². The molecule has 1 aromatic rings. The number of hydrogen-bond acceptors (Lipinski definition) is 3. The fourth-order valence-electron chi connectivity index (χ4n) is 1.41. The SMILES string of the molecule is COc1cccc(C(C)NC(=O)CCO)c1. The lowest BCUT2D eigenvalue weighted by Gasteiger charge is -2.14. The fourth-order valence-corrected chi connectivity index (χ4v) is 1.41. The van der Waals surface area contributed by atoms with Gasteiger partial charge in [-0.3, -0.25) is 4.79 Å². The molecule has 0 radical (unpaired) electrons. The van der Waals surface area contributed by atoms with Crippen LogP contribution in [0.5, 0.6) is 5.75 Å². The van der Waals surface area contributed by atoms with Gasteiger partial charge in [0.2, 0.25) is 5.91 Å². The molecule has 0 aliphatic carbocycles. The highest BCUT2D eigenvalue weighted by atomic mass is 16.5. The number of carbonyl (C=O) groups excluding carboxylic acids is 1. The molecule has 1 unspecified atom stereocenters. The summed E-state index contributed by atoms with van der Waals surface area (Å²) in [5.74, 6) is 0.610. The van der Waals surface area contributed by atoms with E-state index < -0.39 is 0 Å². The summed E-state index contributed by atoms with van der Waals surface area (Å²) in [4.78, 5) is 11.3. The number of ether oxygens (including phenoxy) is 1. The quantitative estimate of drug-likeness (QED) is 0.790. The van der Waals surface area contributed by atoms with Gasteiger partial charge in [0.15, 0.2) is 0 Å². The zero-order chi connectivity index (χ0) is 12.0. The number of nitrogens with one attached hydrogen (secondary N) is 1. The van der Waals surface area contributed by atoms with Crippen LogP contribution >= 0.6 is 0 Å². The highest BCUT2D eigenvalue weighted by molar-refractivity contribution is 5.76. The van der Waals surface area contributed by atoms with Gasteiger partial charge < -0.3 is 15.2 Å². The molecule has 0 aliphatic rings. The summed E-state index contributed by atoms with van der Waals surface area (Å²) in [6, 6.07) is 7.44. The van der Waals surface area contributed by atoms with Crippen molar-refractivity contribution >= 4 is 5.91 Å². The molecule has 0 saturated heterocycles. The van der Waals surface area contributed by atoms with Gasteiger partial charge in [-0.05, 0) is 24.6 Å². The average molecular weight is 223 g/mol. The Kier molecular flexibility index (Phi) is 4.79. The molecular formula is C12H17NO3. The van der Waals surface area contributed by atoms with E-state index in [1.54, 1.807) is 7.11 Å². The first-order chi connectivity index (χ1) is 7.67. The van der Waals surface area contributed by atoms with Crippen LogP contribution in [-0.2, 0) is 4.79 Å². The highest BCUT2D eigenvalue weighted by Crippen LogP contribution is 2.18. The van der Waals surface area contributed by atoms with Crippen molar-refractivity contribution in [3.05, 3.63) is 29.8 Å². The first-order valence-electron chi connectivity index (χ1n) is 5.21.